The van der Waals surface area contributed by atoms with E-state index < -0.39 is 0 Å². The van der Waals surface area contributed by atoms with Crippen LogP contribution in [0.25, 0.3) is 0 Å². The zero-order valence-electron chi connectivity index (χ0n) is 22.3. The Morgan fingerprint density at radius 1 is 1.12 bits per heavy atom. The number of aliphatic hydroxyl groups is 1. The molecule has 0 amide bonds. The Labute approximate surface area is 199 Å². The maximum atomic E-state index is 10.3. The third-order valence-corrected chi connectivity index (χ3v) is 12.2. The van der Waals surface area contributed by atoms with Gasteiger partial charge in [0.05, 0.1) is 6.10 Å². The summed E-state index contributed by atoms with van der Waals surface area (Å²) in [4.78, 5) is 0. The number of hydrogen-bond acceptors (Lipinski definition) is 1. The smallest absolute Gasteiger partial charge is 0.0577 e. The van der Waals surface area contributed by atoms with Gasteiger partial charge in [0.1, 0.15) is 0 Å². The van der Waals surface area contributed by atoms with E-state index in [0.717, 1.165) is 42.4 Å². The lowest BCUT2D eigenvalue weighted by atomic mass is 9.47. The Morgan fingerprint density at radius 3 is 2.50 bits per heavy atom. The van der Waals surface area contributed by atoms with Crippen LogP contribution in [0, 0.1) is 51.8 Å². The lowest BCUT2D eigenvalue weighted by Gasteiger charge is -2.58. The second kappa shape index (κ2) is 8.58. The summed E-state index contributed by atoms with van der Waals surface area (Å²) < 4.78 is 0. The zero-order valence-corrected chi connectivity index (χ0v) is 22.3. The minimum absolute atomic E-state index is 0.0906. The average molecular weight is 441 g/mol. The van der Waals surface area contributed by atoms with Gasteiger partial charge in [-0.1, -0.05) is 65.3 Å². The van der Waals surface area contributed by atoms with Crippen molar-refractivity contribution in [1.29, 1.82) is 0 Å². The van der Waals surface area contributed by atoms with Crippen LogP contribution in [0.1, 0.15) is 113 Å². The quantitative estimate of drug-likeness (QED) is 0.410. The fourth-order valence-electron chi connectivity index (χ4n) is 9.34. The molecule has 3 saturated carbocycles. The molecule has 0 radical (unpaired) electrons. The normalized spacial score (nSPS) is 44.2. The molecule has 4 aliphatic carbocycles. The van der Waals surface area contributed by atoms with Crippen molar-refractivity contribution in [3.63, 3.8) is 0 Å². The first kappa shape index (κ1) is 24.6. The van der Waals surface area contributed by atoms with Gasteiger partial charge in [0, 0.05) is 0 Å². The third kappa shape index (κ3) is 3.77. The molecule has 0 aliphatic heterocycles. The number of hydrogen-bond donors (Lipinski definition) is 1. The molecule has 9 unspecified atom stereocenters. The number of fused-ring (bicyclic) bond motifs is 5. The average Bonchev–Trinajstić information content (AvgIpc) is 3.09. The van der Waals surface area contributed by atoms with Crippen LogP contribution in [-0.4, -0.2) is 11.2 Å². The third-order valence-electron chi connectivity index (χ3n) is 12.2. The highest BCUT2D eigenvalue weighted by molar-refractivity contribution is 5.25. The van der Waals surface area contributed by atoms with Gasteiger partial charge >= 0.3 is 0 Å². The maximum absolute atomic E-state index is 10.3. The Hall–Kier alpha value is -0.560. The van der Waals surface area contributed by atoms with Gasteiger partial charge in [-0.3, -0.25) is 0 Å². The van der Waals surface area contributed by atoms with E-state index in [4.69, 9.17) is 0 Å². The molecule has 3 fully saturated rings. The molecule has 4 rings (SSSR count). The van der Waals surface area contributed by atoms with Crippen LogP contribution in [0.5, 0.6) is 0 Å². The fourth-order valence-corrected chi connectivity index (χ4v) is 9.34. The van der Waals surface area contributed by atoms with Gasteiger partial charge in [-0.25, -0.2) is 0 Å². The van der Waals surface area contributed by atoms with Gasteiger partial charge in [0.2, 0.25) is 0 Å². The van der Waals surface area contributed by atoms with Gasteiger partial charge in [-0.05, 0) is 123 Å². The Kier molecular flexibility index (Phi) is 6.59. The topological polar surface area (TPSA) is 20.2 Å². The molecule has 182 valence electrons. The Bertz CT molecular complexity index is 748. The van der Waals surface area contributed by atoms with E-state index in [1.54, 1.807) is 5.57 Å². The van der Waals surface area contributed by atoms with Crippen molar-refractivity contribution in [3.05, 3.63) is 23.8 Å². The number of rotatable bonds is 6. The highest BCUT2D eigenvalue weighted by Gasteiger charge is 2.59. The minimum Gasteiger partial charge on any atom is -0.393 e. The minimum atomic E-state index is -0.0906. The zero-order chi connectivity index (χ0) is 23.5. The van der Waals surface area contributed by atoms with Crippen LogP contribution in [0.4, 0.5) is 0 Å². The number of aliphatic hydroxyl groups excluding tert-OH is 1. The van der Waals surface area contributed by atoms with Crippen molar-refractivity contribution < 1.29 is 5.11 Å². The van der Waals surface area contributed by atoms with E-state index in [0.29, 0.717) is 16.7 Å². The largest absolute Gasteiger partial charge is 0.393 e. The molecule has 0 saturated heterocycles. The van der Waals surface area contributed by atoms with Crippen LogP contribution in [0.3, 0.4) is 0 Å². The monoisotopic (exact) mass is 440 g/mol. The summed E-state index contributed by atoms with van der Waals surface area (Å²) in [6.45, 7) is 21.6. The first-order valence-corrected chi connectivity index (χ1v) is 14.0. The van der Waals surface area contributed by atoms with Crippen LogP contribution < -0.4 is 0 Å². The fraction of sp³-hybridized carbons (Fsp3) is 0.871. The summed E-state index contributed by atoms with van der Waals surface area (Å²) >= 11 is 0. The molecule has 0 heterocycles. The standard InChI is InChI=1S/C31H52O/c1-20(2)29(6,21(3)4)16-13-22(5)26-11-12-27-25-10-9-23-19-24(32)14-17-30(23,7)28(25)15-18-31(26,27)8/h9,21-22,24-28,32H,1,10-19H2,2-8H3. The first-order chi connectivity index (χ1) is 14.9. The molecule has 1 heteroatoms. The molecule has 0 aromatic carbocycles. The van der Waals surface area contributed by atoms with Crippen molar-refractivity contribution in [2.75, 3.05) is 0 Å². The molecule has 0 aromatic rings. The molecular formula is C31H52O. The van der Waals surface area contributed by atoms with E-state index in [9.17, 15) is 5.11 Å². The highest BCUT2D eigenvalue weighted by Crippen LogP contribution is 2.67. The first-order valence-electron chi connectivity index (χ1n) is 14.0. The predicted molar refractivity (Wildman–Crippen MR) is 137 cm³/mol. The van der Waals surface area contributed by atoms with Crippen molar-refractivity contribution >= 4 is 0 Å². The van der Waals surface area contributed by atoms with E-state index in [1.165, 1.54) is 56.9 Å². The van der Waals surface area contributed by atoms with Gasteiger partial charge < -0.3 is 5.11 Å². The summed E-state index contributed by atoms with van der Waals surface area (Å²) in [5.41, 5.74) is 4.15. The Morgan fingerprint density at radius 2 is 1.84 bits per heavy atom. The summed E-state index contributed by atoms with van der Waals surface area (Å²) in [5, 5.41) is 10.3. The van der Waals surface area contributed by atoms with Crippen molar-refractivity contribution in [1.82, 2.24) is 0 Å². The second-order valence-corrected chi connectivity index (χ2v) is 13.8. The van der Waals surface area contributed by atoms with Crippen molar-refractivity contribution in [3.8, 4) is 0 Å². The SMILES string of the molecule is C=C(C)C(C)(CCC(C)C1CCC2C3CC=C4CC(O)CCC4(C)C3CCC12C)C(C)C. The van der Waals surface area contributed by atoms with E-state index >= 15 is 0 Å². The van der Waals surface area contributed by atoms with E-state index in [2.05, 4.69) is 61.1 Å². The molecule has 0 bridgehead atoms. The molecule has 1 nitrogen and oxygen atoms in total. The van der Waals surface area contributed by atoms with Gasteiger partial charge in [0.25, 0.3) is 0 Å². The molecule has 9 atom stereocenters. The lowest BCUT2D eigenvalue weighted by molar-refractivity contribution is -0.0577. The summed E-state index contributed by atoms with van der Waals surface area (Å²) in [7, 11) is 0. The lowest BCUT2D eigenvalue weighted by Crippen LogP contribution is -2.50. The Balaban J connectivity index is 1.49. The second-order valence-electron chi connectivity index (χ2n) is 13.8. The maximum Gasteiger partial charge on any atom is 0.0577 e. The molecule has 1 N–H and O–H groups in total. The molecule has 0 aromatic heterocycles. The highest BCUT2D eigenvalue weighted by atomic mass is 16.3. The molecular weight excluding hydrogens is 388 g/mol. The summed E-state index contributed by atoms with van der Waals surface area (Å²) in [6.07, 6.45) is 15.3. The van der Waals surface area contributed by atoms with Crippen LogP contribution in [0.15, 0.2) is 23.8 Å². The van der Waals surface area contributed by atoms with Crippen LogP contribution >= 0.6 is 0 Å². The van der Waals surface area contributed by atoms with Gasteiger partial charge in [0.15, 0.2) is 0 Å². The van der Waals surface area contributed by atoms with Crippen LogP contribution in [0.2, 0.25) is 0 Å². The predicted octanol–water partition coefficient (Wildman–Crippen LogP) is 8.58. The van der Waals surface area contributed by atoms with E-state index in [-0.39, 0.29) is 11.5 Å². The van der Waals surface area contributed by atoms with Crippen LogP contribution in [-0.2, 0) is 0 Å². The number of allylic oxidation sites excluding steroid dienone is 2. The summed E-state index contributed by atoms with van der Waals surface area (Å²) in [5.74, 6) is 5.01. The van der Waals surface area contributed by atoms with Gasteiger partial charge in [-0.2, -0.15) is 0 Å². The molecule has 0 spiro atoms. The van der Waals surface area contributed by atoms with Gasteiger partial charge in [-0.15, -0.1) is 0 Å². The molecule has 4 aliphatic rings. The van der Waals surface area contributed by atoms with Crippen molar-refractivity contribution in [2.45, 2.75) is 119 Å². The molecule has 32 heavy (non-hydrogen) atoms. The summed E-state index contributed by atoms with van der Waals surface area (Å²) in [6, 6.07) is 0. The van der Waals surface area contributed by atoms with E-state index in [1.807, 2.05) is 0 Å². The van der Waals surface area contributed by atoms with Crippen molar-refractivity contribution in [2.24, 2.45) is 51.8 Å².